The molecular weight excluding hydrogens is 240 g/mol. The lowest BCUT2D eigenvalue weighted by atomic mass is 10.1. The first-order valence-corrected chi connectivity index (χ1v) is 10.4. The Labute approximate surface area is 116 Å². The topological polar surface area (TPSA) is 18.5 Å². The minimum absolute atomic E-state index is 0.361. The number of hydrogen-bond acceptors (Lipinski definition) is 2. The molecule has 0 aromatic carbocycles. The van der Waals surface area contributed by atoms with Crippen LogP contribution in [0.15, 0.2) is 0 Å². The Morgan fingerprint density at radius 1 is 0.944 bits per heavy atom. The van der Waals surface area contributed by atoms with Crippen LogP contribution in [0.1, 0.15) is 72.6 Å². The van der Waals surface area contributed by atoms with Gasteiger partial charge in [0.05, 0.1) is 0 Å². The van der Waals surface area contributed by atoms with Crippen molar-refractivity contribution in [2.75, 3.05) is 6.61 Å². The summed E-state index contributed by atoms with van der Waals surface area (Å²) < 4.78 is 12.0. The maximum Gasteiger partial charge on any atom is 0.334 e. The normalized spacial score (nSPS) is 16.5. The molecule has 3 heteroatoms. The molecule has 0 fully saturated rings. The van der Waals surface area contributed by atoms with E-state index in [1.807, 2.05) is 0 Å². The summed E-state index contributed by atoms with van der Waals surface area (Å²) >= 11 is 0. The average molecular weight is 275 g/mol. The van der Waals surface area contributed by atoms with E-state index in [9.17, 15) is 0 Å². The van der Waals surface area contributed by atoms with Gasteiger partial charge in [-0.25, -0.2) is 0 Å². The van der Waals surface area contributed by atoms with Crippen molar-refractivity contribution in [3.63, 3.8) is 0 Å². The van der Waals surface area contributed by atoms with Gasteiger partial charge in [-0.1, -0.05) is 52.4 Å². The van der Waals surface area contributed by atoms with Gasteiger partial charge in [0.15, 0.2) is 0 Å². The molecule has 0 aromatic rings. The monoisotopic (exact) mass is 274 g/mol. The molecule has 2 atom stereocenters. The van der Waals surface area contributed by atoms with Gasteiger partial charge in [-0.3, -0.25) is 0 Å². The fourth-order valence-electron chi connectivity index (χ4n) is 2.22. The highest BCUT2D eigenvalue weighted by molar-refractivity contribution is 6.65. The zero-order valence-corrected chi connectivity index (χ0v) is 14.3. The van der Waals surface area contributed by atoms with Crippen LogP contribution in [0.25, 0.3) is 0 Å². The molecule has 0 saturated heterocycles. The molecule has 0 heterocycles. The quantitative estimate of drug-likeness (QED) is 0.356. The molecule has 0 aliphatic heterocycles. The van der Waals surface area contributed by atoms with Crippen LogP contribution >= 0.6 is 0 Å². The smallest absolute Gasteiger partial charge is 0.334 e. The van der Waals surface area contributed by atoms with Gasteiger partial charge in [-0.2, -0.15) is 0 Å². The van der Waals surface area contributed by atoms with Crippen molar-refractivity contribution < 1.29 is 8.85 Å². The van der Waals surface area contributed by atoms with Crippen molar-refractivity contribution >= 4 is 8.56 Å². The van der Waals surface area contributed by atoms with Crippen LogP contribution in [-0.4, -0.2) is 21.3 Å². The molecule has 0 bridgehead atoms. The molecule has 0 aliphatic carbocycles. The van der Waals surface area contributed by atoms with E-state index < -0.39 is 8.56 Å². The van der Waals surface area contributed by atoms with Crippen LogP contribution in [0.5, 0.6) is 0 Å². The van der Waals surface area contributed by atoms with Gasteiger partial charge in [-0.05, 0) is 32.9 Å². The van der Waals surface area contributed by atoms with E-state index >= 15 is 0 Å². The molecule has 2 nitrogen and oxygen atoms in total. The second-order valence-corrected chi connectivity index (χ2v) is 8.90. The summed E-state index contributed by atoms with van der Waals surface area (Å²) in [6.07, 6.45) is 9.69. The van der Waals surface area contributed by atoms with E-state index in [-0.39, 0.29) is 0 Å². The highest BCUT2D eigenvalue weighted by atomic mass is 28.4. The summed E-state index contributed by atoms with van der Waals surface area (Å²) in [5.74, 6) is 0. The Morgan fingerprint density at radius 3 is 2.11 bits per heavy atom. The third kappa shape index (κ3) is 9.12. The maximum absolute atomic E-state index is 6.17. The van der Waals surface area contributed by atoms with Gasteiger partial charge >= 0.3 is 8.56 Å². The van der Waals surface area contributed by atoms with Crippen molar-refractivity contribution in [3.05, 3.63) is 0 Å². The van der Waals surface area contributed by atoms with E-state index in [0.29, 0.717) is 6.10 Å². The van der Waals surface area contributed by atoms with Crippen LogP contribution in [-0.2, 0) is 8.85 Å². The fraction of sp³-hybridized carbons (Fsp3) is 1.00. The summed E-state index contributed by atoms with van der Waals surface area (Å²) in [7, 11) is -1.87. The van der Waals surface area contributed by atoms with Gasteiger partial charge in [0.2, 0.25) is 0 Å². The number of unbranched alkanes of at least 4 members (excludes halogenated alkanes) is 5. The SMILES string of the molecule is CCCCCCCCC(C)O[Si](C)(CC)OCC. The second-order valence-electron chi connectivity index (χ2n) is 5.41. The van der Waals surface area contributed by atoms with Crippen LogP contribution in [0.2, 0.25) is 12.6 Å². The molecule has 0 saturated carbocycles. The zero-order valence-electron chi connectivity index (χ0n) is 13.3. The first-order valence-electron chi connectivity index (χ1n) is 7.89. The Kier molecular flexibility index (Phi) is 11.1. The first-order chi connectivity index (χ1) is 8.58. The Morgan fingerprint density at radius 2 is 1.56 bits per heavy atom. The summed E-state index contributed by atoms with van der Waals surface area (Å²) in [5, 5.41) is 0. The predicted octanol–water partition coefficient (Wildman–Crippen LogP) is 5.27. The largest absolute Gasteiger partial charge is 0.395 e. The third-order valence-corrected chi connectivity index (χ3v) is 6.59. The van der Waals surface area contributed by atoms with Gasteiger partial charge in [0, 0.05) is 12.7 Å². The summed E-state index contributed by atoms with van der Waals surface area (Å²) in [6, 6.07) is 1.04. The molecule has 110 valence electrons. The molecule has 0 spiro atoms. The summed E-state index contributed by atoms with van der Waals surface area (Å²) in [4.78, 5) is 0. The molecule has 0 amide bonds. The lowest BCUT2D eigenvalue weighted by Crippen LogP contribution is -2.40. The Balaban J connectivity index is 3.65. The Hall–Kier alpha value is 0.137. The standard InChI is InChI=1S/C15H34O2Si/c1-6-9-10-11-12-13-14-15(4)17-18(5,8-3)16-7-2/h15H,6-14H2,1-5H3. The van der Waals surface area contributed by atoms with E-state index in [1.165, 1.54) is 44.9 Å². The van der Waals surface area contributed by atoms with Crippen LogP contribution in [0.3, 0.4) is 0 Å². The maximum atomic E-state index is 6.17. The van der Waals surface area contributed by atoms with E-state index in [1.54, 1.807) is 0 Å². The van der Waals surface area contributed by atoms with E-state index in [4.69, 9.17) is 8.85 Å². The molecule has 18 heavy (non-hydrogen) atoms. The molecule has 0 rings (SSSR count). The second kappa shape index (κ2) is 11.0. The minimum Gasteiger partial charge on any atom is -0.395 e. The summed E-state index contributed by atoms with van der Waals surface area (Å²) in [5.41, 5.74) is 0. The number of hydrogen-bond donors (Lipinski definition) is 0. The van der Waals surface area contributed by atoms with Crippen molar-refractivity contribution in [1.29, 1.82) is 0 Å². The van der Waals surface area contributed by atoms with Gasteiger partial charge in [0.1, 0.15) is 0 Å². The zero-order chi connectivity index (χ0) is 13.9. The third-order valence-electron chi connectivity index (χ3n) is 3.51. The lowest BCUT2D eigenvalue weighted by Gasteiger charge is -2.29. The van der Waals surface area contributed by atoms with E-state index in [0.717, 1.165) is 12.7 Å². The molecule has 0 aromatic heterocycles. The molecule has 2 unspecified atom stereocenters. The predicted molar refractivity (Wildman–Crippen MR) is 82.3 cm³/mol. The Bertz CT molecular complexity index is 187. The lowest BCUT2D eigenvalue weighted by molar-refractivity contribution is 0.124. The fourth-order valence-corrected chi connectivity index (χ4v) is 4.24. The molecule has 0 aliphatic rings. The molecule has 0 N–H and O–H groups in total. The van der Waals surface area contributed by atoms with Crippen LogP contribution in [0, 0.1) is 0 Å². The van der Waals surface area contributed by atoms with Crippen molar-refractivity contribution in [3.8, 4) is 0 Å². The number of rotatable bonds is 12. The minimum atomic E-state index is -1.87. The van der Waals surface area contributed by atoms with Gasteiger partial charge in [0.25, 0.3) is 0 Å². The van der Waals surface area contributed by atoms with Gasteiger partial charge in [-0.15, -0.1) is 0 Å². The first kappa shape index (κ1) is 18.1. The average Bonchev–Trinajstić information content (AvgIpc) is 2.34. The van der Waals surface area contributed by atoms with Crippen molar-refractivity contribution in [1.82, 2.24) is 0 Å². The van der Waals surface area contributed by atoms with Gasteiger partial charge < -0.3 is 8.85 Å². The van der Waals surface area contributed by atoms with E-state index in [2.05, 4.69) is 34.2 Å². The van der Waals surface area contributed by atoms with Crippen molar-refractivity contribution in [2.24, 2.45) is 0 Å². The van der Waals surface area contributed by atoms with Crippen molar-refractivity contribution in [2.45, 2.75) is 91.3 Å². The molecular formula is C15H34O2Si. The highest BCUT2D eigenvalue weighted by Crippen LogP contribution is 2.18. The molecule has 0 radical (unpaired) electrons. The summed E-state index contributed by atoms with van der Waals surface area (Å²) in [6.45, 7) is 11.7. The van der Waals surface area contributed by atoms with Crippen LogP contribution < -0.4 is 0 Å². The highest BCUT2D eigenvalue weighted by Gasteiger charge is 2.30. The van der Waals surface area contributed by atoms with Crippen LogP contribution in [0.4, 0.5) is 0 Å².